The van der Waals surface area contributed by atoms with E-state index in [9.17, 15) is 9.18 Å². The van der Waals surface area contributed by atoms with Gasteiger partial charge < -0.3 is 0 Å². The van der Waals surface area contributed by atoms with Crippen molar-refractivity contribution in [3.63, 3.8) is 0 Å². The largest absolute Gasteiger partial charge is 0.308 e. The van der Waals surface area contributed by atoms with E-state index in [2.05, 4.69) is 22.2 Å². The third kappa shape index (κ3) is 2.61. The first-order valence-electron chi connectivity index (χ1n) is 7.30. The lowest BCUT2D eigenvalue weighted by molar-refractivity contribution is 0.591. The summed E-state index contributed by atoms with van der Waals surface area (Å²) in [6.45, 7) is 0. The molecule has 0 radical (unpaired) electrons. The Kier molecular flexibility index (Phi) is 3.66. The fourth-order valence-electron chi connectivity index (χ4n) is 2.48. The molecule has 118 valence electrons. The Bertz CT molecular complexity index is 1060. The van der Waals surface area contributed by atoms with Gasteiger partial charge in [0, 0.05) is 21.6 Å². The third-order valence-electron chi connectivity index (χ3n) is 3.64. The zero-order valence-corrected chi connectivity index (χ0v) is 13.3. The number of nitrogens with one attached hydrogen (secondary N) is 1. The Balaban J connectivity index is 1.68. The third-order valence-corrected chi connectivity index (χ3v) is 4.66. The molecule has 0 aliphatic rings. The summed E-state index contributed by atoms with van der Waals surface area (Å²) in [7, 11) is 0. The molecule has 0 aliphatic heterocycles. The monoisotopic (exact) mass is 337 g/mol. The zero-order valence-electron chi connectivity index (χ0n) is 12.4. The van der Waals surface area contributed by atoms with Crippen LogP contribution in [0.4, 0.5) is 4.39 Å². The van der Waals surface area contributed by atoms with Crippen LogP contribution in [0.3, 0.4) is 0 Å². The van der Waals surface area contributed by atoms with Gasteiger partial charge in [-0.1, -0.05) is 42.1 Å². The first kappa shape index (κ1) is 14.7. The smallest absolute Gasteiger partial charge is 0.296 e. The standard InChI is InChI=1S/C18H12FN3OS/c19-16-11-20-17-15(10-21-22(17)18(16)23)12-6-8-14(9-7-12)24-13-4-2-1-3-5-13/h1-11,21H. The van der Waals surface area contributed by atoms with E-state index in [0.717, 1.165) is 26.7 Å². The van der Waals surface area contributed by atoms with E-state index >= 15 is 0 Å². The predicted octanol–water partition coefficient (Wildman–Crippen LogP) is 3.98. The van der Waals surface area contributed by atoms with Gasteiger partial charge in [-0.3, -0.25) is 9.89 Å². The van der Waals surface area contributed by atoms with Gasteiger partial charge in [-0.2, -0.15) is 8.91 Å². The van der Waals surface area contributed by atoms with Gasteiger partial charge in [-0.15, -0.1) is 0 Å². The van der Waals surface area contributed by atoms with Gasteiger partial charge in [0.25, 0.3) is 0 Å². The molecule has 0 amide bonds. The molecule has 0 fully saturated rings. The van der Waals surface area contributed by atoms with E-state index in [4.69, 9.17) is 0 Å². The average Bonchev–Trinajstić information content (AvgIpc) is 3.04. The summed E-state index contributed by atoms with van der Waals surface area (Å²) in [6, 6.07) is 18.1. The second-order valence-corrected chi connectivity index (χ2v) is 6.34. The number of aromatic amines is 1. The van der Waals surface area contributed by atoms with Crippen molar-refractivity contribution in [2.24, 2.45) is 0 Å². The summed E-state index contributed by atoms with van der Waals surface area (Å²) >= 11 is 1.67. The summed E-state index contributed by atoms with van der Waals surface area (Å²) in [5, 5.41) is 2.75. The van der Waals surface area contributed by atoms with E-state index < -0.39 is 11.4 Å². The molecule has 1 N–H and O–H groups in total. The summed E-state index contributed by atoms with van der Waals surface area (Å²) in [5.74, 6) is -0.879. The van der Waals surface area contributed by atoms with Crippen LogP contribution >= 0.6 is 11.8 Å². The molecule has 2 aromatic heterocycles. The van der Waals surface area contributed by atoms with E-state index in [1.165, 1.54) is 4.90 Å². The van der Waals surface area contributed by atoms with Gasteiger partial charge in [-0.25, -0.2) is 4.98 Å². The van der Waals surface area contributed by atoms with Crippen molar-refractivity contribution in [1.29, 1.82) is 0 Å². The molecule has 6 heteroatoms. The molecule has 0 bridgehead atoms. The molecule has 4 rings (SSSR count). The molecule has 0 saturated carbocycles. The van der Waals surface area contributed by atoms with Crippen molar-refractivity contribution in [1.82, 2.24) is 14.6 Å². The number of hydrogen-bond donors (Lipinski definition) is 1. The quantitative estimate of drug-likeness (QED) is 0.615. The first-order valence-corrected chi connectivity index (χ1v) is 8.12. The van der Waals surface area contributed by atoms with Gasteiger partial charge in [0.05, 0.1) is 6.20 Å². The van der Waals surface area contributed by atoms with Gasteiger partial charge in [0.1, 0.15) is 0 Å². The van der Waals surface area contributed by atoms with Crippen molar-refractivity contribution in [3.05, 3.63) is 83.2 Å². The van der Waals surface area contributed by atoms with E-state index in [0.29, 0.717) is 5.65 Å². The maximum absolute atomic E-state index is 13.3. The van der Waals surface area contributed by atoms with Gasteiger partial charge in [0.2, 0.25) is 5.82 Å². The maximum Gasteiger partial charge on any atom is 0.308 e. The van der Waals surface area contributed by atoms with Gasteiger partial charge in [0.15, 0.2) is 5.65 Å². The highest BCUT2D eigenvalue weighted by molar-refractivity contribution is 7.99. The van der Waals surface area contributed by atoms with Crippen LogP contribution in [0, 0.1) is 5.82 Å². The second-order valence-electron chi connectivity index (χ2n) is 5.20. The Morgan fingerprint density at radius 2 is 1.71 bits per heavy atom. The van der Waals surface area contributed by atoms with E-state index in [-0.39, 0.29) is 0 Å². The SMILES string of the molecule is O=c1c(F)cnc2c(-c3ccc(Sc4ccccc4)cc3)c[nH]n12. The summed E-state index contributed by atoms with van der Waals surface area (Å²) in [5.41, 5.74) is 1.33. The molecule has 0 atom stereocenters. The average molecular weight is 337 g/mol. The second kappa shape index (κ2) is 5.98. The molecule has 24 heavy (non-hydrogen) atoms. The minimum atomic E-state index is -0.879. The summed E-state index contributed by atoms with van der Waals surface area (Å²) < 4.78 is 14.4. The highest BCUT2D eigenvalue weighted by Gasteiger charge is 2.11. The number of halogens is 1. The molecular formula is C18H12FN3OS. The fraction of sp³-hybridized carbons (Fsp3) is 0. The van der Waals surface area contributed by atoms with Crippen molar-refractivity contribution in [3.8, 4) is 11.1 Å². The number of fused-ring (bicyclic) bond motifs is 1. The Morgan fingerprint density at radius 1 is 1.00 bits per heavy atom. The van der Waals surface area contributed by atoms with Gasteiger partial charge in [-0.05, 0) is 29.8 Å². The normalized spacial score (nSPS) is 11.0. The summed E-state index contributed by atoms with van der Waals surface area (Å²) in [4.78, 5) is 18.0. The topological polar surface area (TPSA) is 50.2 Å². The number of hydrogen-bond acceptors (Lipinski definition) is 3. The van der Waals surface area contributed by atoms with Crippen molar-refractivity contribution in [2.45, 2.75) is 9.79 Å². The van der Waals surface area contributed by atoms with Crippen LogP contribution in [0.2, 0.25) is 0 Å². The van der Waals surface area contributed by atoms with Crippen LogP contribution in [-0.2, 0) is 0 Å². The van der Waals surface area contributed by atoms with Crippen LogP contribution in [0.15, 0.2) is 81.6 Å². The molecule has 0 unspecified atom stereocenters. The predicted molar refractivity (Wildman–Crippen MR) is 91.8 cm³/mol. The first-order chi connectivity index (χ1) is 11.7. The molecule has 4 nitrogen and oxygen atoms in total. The van der Waals surface area contributed by atoms with Crippen molar-refractivity contribution in [2.75, 3.05) is 0 Å². The van der Waals surface area contributed by atoms with Crippen molar-refractivity contribution < 1.29 is 4.39 Å². The minimum Gasteiger partial charge on any atom is -0.296 e. The molecule has 0 aliphatic carbocycles. The highest BCUT2D eigenvalue weighted by atomic mass is 32.2. The van der Waals surface area contributed by atoms with Crippen molar-refractivity contribution >= 4 is 17.4 Å². The van der Waals surface area contributed by atoms with Crippen LogP contribution in [0.25, 0.3) is 16.8 Å². The molecule has 0 saturated heterocycles. The molecule has 2 heterocycles. The maximum atomic E-state index is 13.3. The molecular weight excluding hydrogens is 325 g/mol. The van der Waals surface area contributed by atoms with Gasteiger partial charge >= 0.3 is 5.56 Å². The van der Waals surface area contributed by atoms with Crippen LogP contribution in [0.1, 0.15) is 0 Å². The lowest BCUT2D eigenvalue weighted by Crippen LogP contribution is -2.17. The Labute approximate surface area is 141 Å². The number of benzene rings is 2. The highest BCUT2D eigenvalue weighted by Crippen LogP contribution is 2.30. The molecule has 0 spiro atoms. The zero-order chi connectivity index (χ0) is 16.5. The molecule has 4 aromatic rings. The Hall–Kier alpha value is -2.86. The lowest BCUT2D eigenvalue weighted by atomic mass is 10.1. The van der Waals surface area contributed by atoms with Crippen LogP contribution in [0.5, 0.6) is 0 Å². The Morgan fingerprint density at radius 3 is 2.46 bits per heavy atom. The van der Waals surface area contributed by atoms with Crippen LogP contribution in [-0.4, -0.2) is 14.6 Å². The lowest BCUT2D eigenvalue weighted by Gasteiger charge is -2.03. The van der Waals surface area contributed by atoms with E-state index in [1.54, 1.807) is 18.0 Å². The number of nitrogens with zero attached hydrogens (tertiary/aromatic N) is 2. The summed E-state index contributed by atoms with van der Waals surface area (Å²) in [6.07, 6.45) is 2.61. The van der Waals surface area contributed by atoms with E-state index in [1.807, 2.05) is 42.5 Å². The number of H-pyrrole nitrogens is 1. The molecule has 2 aromatic carbocycles. The van der Waals surface area contributed by atoms with Crippen LogP contribution < -0.4 is 5.56 Å². The minimum absolute atomic E-state index is 0.407. The number of rotatable bonds is 3. The number of aromatic nitrogens is 3. The fourth-order valence-corrected chi connectivity index (χ4v) is 3.31.